The molecule has 0 aliphatic rings. The van der Waals surface area contributed by atoms with Gasteiger partial charge in [-0.25, -0.2) is 4.39 Å². The molecule has 0 bridgehead atoms. The predicted molar refractivity (Wildman–Crippen MR) is 98.5 cm³/mol. The van der Waals surface area contributed by atoms with Crippen LogP contribution in [0, 0.1) is 5.82 Å². The molecule has 0 unspecified atom stereocenters. The molecule has 5 nitrogen and oxygen atoms in total. The fourth-order valence-corrected chi connectivity index (χ4v) is 2.60. The Balaban J connectivity index is 1.98. The van der Waals surface area contributed by atoms with E-state index in [1.807, 2.05) is 0 Å². The van der Waals surface area contributed by atoms with Gasteiger partial charge in [0.15, 0.2) is 10.9 Å². The molecule has 0 aliphatic carbocycles. The molecule has 0 saturated heterocycles. The van der Waals surface area contributed by atoms with E-state index in [1.54, 1.807) is 25.4 Å². The maximum atomic E-state index is 13.8. The van der Waals surface area contributed by atoms with Crippen molar-refractivity contribution >= 4 is 46.4 Å². The minimum atomic E-state index is -0.390. The van der Waals surface area contributed by atoms with Crippen LogP contribution in [0.3, 0.4) is 0 Å². The molecule has 0 saturated carbocycles. The summed E-state index contributed by atoms with van der Waals surface area (Å²) in [6, 6.07) is 4.53. The van der Waals surface area contributed by atoms with E-state index in [1.165, 1.54) is 10.7 Å². The van der Waals surface area contributed by atoms with Gasteiger partial charge in [-0.15, -0.1) is 0 Å². The lowest BCUT2D eigenvalue weighted by Crippen LogP contribution is -2.30. The molecule has 24 heavy (non-hydrogen) atoms. The third-order valence-corrected chi connectivity index (χ3v) is 4.02. The molecule has 2 rings (SSSR count). The lowest BCUT2D eigenvalue weighted by Gasteiger charge is -2.08. The third kappa shape index (κ3) is 5.31. The summed E-state index contributed by atoms with van der Waals surface area (Å²) in [7, 11) is 1.64. The molecule has 130 valence electrons. The highest BCUT2D eigenvalue weighted by Gasteiger charge is 2.12. The summed E-state index contributed by atoms with van der Waals surface area (Å²) in [5, 5.41) is 11.3. The van der Waals surface area contributed by atoms with Crippen molar-refractivity contribution in [3.05, 3.63) is 45.8 Å². The Morgan fingerprint density at radius 2 is 2.17 bits per heavy atom. The van der Waals surface area contributed by atoms with E-state index in [2.05, 4.69) is 15.7 Å². The molecule has 0 fully saturated rings. The predicted octanol–water partition coefficient (Wildman–Crippen LogP) is 3.70. The van der Waals surface area contributed by atoms with Crippen LogP contribution in [-0.2, 0) is 11.3 Å². The fourth-order valence-electron chi connectivity index (χ4n) is 1.98. The monoisotopic (exact) mass is 390 g/mol. The van der Waals surface area contributed by atoms with Crippen LogP contribution in [0.15, 0.2) is 24.4 Å². The van der Waals surface area contributed by atoms with E-state index >= 15 is 0 Å². The minimum Gasteiger partial charge on any atom is -0.385 e. The number of hydrogen-bond acceptors (Lipinski definition) is 3. The van der Waals surface area contributed by atoms with Crippen LogP contribution in [-0.4, -0.2) is 35.2 Å². The smallest absolute Gasteiger partial charge is 0.173 e. The maximum Gasteiger partial charge on any atom is 0.173 e. The van der Waals surface area contributed by atoms with Gasteiger partial charge in [0.25, 0.3) is 0 Å². The van der Waals surface area contributed by atoms with Crippen molar-refractivity contribution in [1.82, 2.24) is 15.1 Å². The first-order valence-electron chi connectivity index (χ1n) is 7.21. The summed E-state index contributed by atoms with van der Waals surface area (Å²) in [6.45, 7) is 1.48. The van der Waals surface area contributed by atoms with Crippen molar-refractivity contribution in [2.24, 2.45) is 0 Å². The number of nitrogens with zero attached hydrogens (tertiary/aromatic N) is 2. The second-order valence-electron chi connectivity index (χ2n) is 4.95. The maximum absolute atomic E-state index is 13.8. The van der Waals surface area contributed by atoms with Crippen LogP contribution in [0.4, 0.5) is 10.2 Å². The molecular formula is C15H17Cl2FN4OS. The number of thiocarbonyl (C=S) groups is 1. The standard InChI is InChI=1S/C15H17Cl2FN4OS/c1-23-7-3-6-19-15(24)20-14-12(17)9-22(21-14)8-10-11(16)4-2-5-13(10)18/h2,4-5,9H,3,6-8H2,1H3,(H2,19,20,21,24). The Labute approximate surface area is 155 Å². The van der Waals surface area contributed by atoms with Crippen molar-refractivity contribution in [1.29, 1.82) is 0 Å². The van der Waals surface area contributed by atoms with Crippen molar-refractivity contribution in [3.8, 4) is 0 Å². The molecule has 1 aromatic carbocycles. The van der Waals surface area contributed by atoms with E-state index in [4.69, 9.17) is 40.2 Å². The van der Waals surface area contributed by atoms with Gasteiger partial charge >= 0.3 is 0 Å². The first kappa shape index (κ1) is 18.9. The van der Waals surface area contributed by atoms with E-state index in [9.17, 15) is 4.39 Å². The lowest BCUT2D eigenvalue weighted by atomic mass is 10.2. The molecule has 1 heterocycles. The van der Waals surface area contributed by atoms with E-state index < -0.39 is 0 Å². The number of ether oxygens (including phenoxy) is 1. The molecule has 2 N–H and O–H groups in total. The average molecular weight is 391 g/mol. The van der Waals surface area contributed by atoms with Crippen LogP contribution in [0.2, 0.25) is 10.0 Å². The highest BCUT2D eigenvalue weighted by atomic mass is 35.5. The van der Waals surface area contributed by atoms with Crippen LogP contribution in [0.5, 0.6) is 0 Å². The summed E-state index contributed by atoms with van der Waals surface area (Å²) in [6.07, 6.45) is 2.41. The van der Waals surface area contributed by atoms with Gasteiger partial charge in [0.05, 0.1) is 6.54 Å². The average Bonchev–Trinajstić information content (AvgIpc) is 2.87. The van der Waals surface area contributed by atoms with Crippen LogP contribution < -0.4 is 10.6 Å². The van der Waals surface area contributed by atoms with Gasteiger partial charge in [0.1, 0.15) is 10.8 Å². The van der Waals surface area contributed by atoms with Crippen molar-refractivity contribution < 1.29 is 9.13 Å². The highest BCUT2D eigenvalue weighted by Crippen LogP contribution is 2.23. The number of anilines is 1. The second kappa shape index (κ2) is 9.17. The Morgan fingerprint density at radius 3 is 2.88 bits per heavy atom. The summed E-state index contributed by atoms with van der Waals surface area (Å²) in [5.74, 6) is 0.00679. The van der Waals surface area contributed by atoms with E-state index in [-0.39, 0.29) is 12.4 Å². The van der Waals surface area contributed by atoms with Crippen molar-refractivity contribution in [2.45, 2.75) is 13.0 Å². The van der Waals surface area contributed by atoms with Gasteiger partial charge < -0.3 is 15.4 Å². The zero-order valence-corrected chi connectivity index (χ0v) is 15.3. The molecule has 0 radical (unpaired) electrons. The number of halogens is 3. The lowest BCUT2D eigenvalue weighted by molar-refractivity contribution is 0.196. The normalized spacial score (nSPS) is 10.7. The Hall–Kier alpha value is -1.41. The number of hydrogen-bond donors (Lipinski definition) is 2. The summed E-state index contributed by atoms with van der Waals surface area (Å²) < 4.78 is 20.3. The molecule has 2 aromatic rings. The van der Waals surface area contributed by atoms with Crippen LogP contribution in [0.1, 0.15) is 12.0 Å². The van der Waals surface area contributed by atoms with Gasteiger partial charge in [-0.05, 0) is 30.8 Å². The van der Waals surface area contributed by atoms with Gasteiger partial charge in [-0.2, -0.15) is 5.10 Å². The van der Waals surface area contributed by atoms with Crippen LogP contribution in [0.25, 0.3) is 0 Å². The summed E-state index contributed by atoms with van der Waals surface area (Å²) >= 11 is 17.3. The highest BCUT2D eigenvalue weighted by molar-refractivity contribution is 7.80. The Bertz CT molecular complexity index is 691. The molecular weight excluding hydrogens is 374 g/mol. The molecule has 0 amide bonds. The topological polar surface area (TPSA) is 51.1 Å². The van der Waals surface area contributed by atoms with Gasteiger partial charge in [-0.1, -0.05) is 29.3 Å². The van der Waals surface area contributed by atoms with Gasteiger partial charge in [-0.3, -0.25) is 4.68 Å². The van der Waals surface area contributed by atoms with Crippen molar-refractivity contribution in [3.63, 3.8) is 0 Å². The quantitative estimate of drug-likeness (QED) is 0.557. The number of aromatic nitrogens is 2. The number of rotatable bonds is 7. The van der Waals surface area contributed by atoms with E-state index in [0.717, 1.165) is 6.42 Å². The zero-order valence-electron chi connectivity index (χ0n) is 13.0. The summed E-state index contributed by atoms with van der Waals surface area (Å²) in [5.41, 5.74) is 0.352. The first-order chi connectivity index (χ1) is 11.5. The SMILES string of the molecule is COCCCNC(=S)Nc1nn(Cc2c(F)cccc2Cl)cc1Cl. The second-order valence-corrected chi connectivity index (χ2v) is 6.17. The largest absolute Gasteiger partial charge is 0.385 e. The summed E-state index contributed by atoms with van der Waals surface area (Å²) in [4.78, 5) is 0. The molecule has 1 aromatic heterocycles. The Morgan fingerprint density at radius 1 is 1.38 bits per heavy atom. The number of benzene rings is 1. The zero-order chi connectivity index (χ0) is 17.5. The third-order valence-electron chi connectivity index (χ3n) is 3.14. The number of nitrogens with one attached hydrogen (secondary N) is 2. The Kier molecular flexibility index (Phi) is 7.23. The molecule has 0 spiro atoms. The van der Waals surface area contributed by atoms with Gasteiger partial charge in [0.2, 0.25) is 0 Å². The van der Waals surface area contributed by atoms with Crippen molar-refractivity contribution in [2.75, 3.05) is 25.6 Å². The van der Waals surface area contributed by atoms with Crippen LogP contribution >= 0.6 is 35.4 Å². The number of methoxy groups -OCH3 is 1. The van der Waals surface area contributed by atoms with E-state index in [0.29, 0.717) is 39.7 Å². The van der Waals surface area contributed by atoms with Gasteiger partial charge in [0, 0.05) is 37.0 Å². The first-order valence-corrected chi connectivity index (χ1v) is 8.37. The molecule has 0 aliphatic heterocycles. The minimum absolute atomic E-state index is 0.168. The molecule has 0 atom stereocenters. The fraction of sp³-hybridized carbons (Fsp3) is 0.333. The molecule has 9 heteroatoms.